The Kier molecular flexibility index (Phi) is 2.98. The van der Waals surface area contributed by atoms with Crippen molar-refractivity contribution in [2.24, 2.45) is 17.8 Å². The first-order chi connectivity index (χ1) is 10.8. The number of hydrogen-bond acceptors (Lipinski definition) is 2. The second kappa shape index (κ2) is 4.92. The summed E-state index contributed by atoms with van der Waals surface area (Å²) in [4.78, 5) is 15.8. The molecule has 3 atom stereocenters. The number of aryl methyl sites for hydroxylation is 1. The van der Waals surface area contributed by atoms with E-state index in [0.717, 1.165) is 17.9 Å². The molecule has 2 nitrogen and oxygen atoms in total. The van der Waals surface area contributed by atoms with Gasteiger partial charge in [0, 0.05) is 18.0 Å². The van der Waals surface area contributed by atoms with Crippen molar-refractivity contribution in [1.82, 2.24) is 4.90 Å². The van der Waals surface area contributed by atoms with Crippen molar-refractivity contribution >= 4 is 5.78 Å². The Hall–Kier alpha value is -1.15. The summed E-state index contributed by atoms with van der Waals surface area (Å²) >= 11 is 0. The molecule has 3 aliphatic heterocycles. The van der Waals surface area contributed by atoms with Gasteiger partial charge in [-0.3, -0.25) is 4.79 Å². The summed E-state index contributed by atoms with van der Waals surface area (Å²) in [7, 11) is 0. The summed E-state index contributed by atoms with van der Waals surface area (Å²) in [5.41, 5.74) is 4.00. The SMILES string of the molecule is O=C1c2cccc3c2[C@H](CCC3)C[C@H]1C1CN2CCC1CC2. The predicted octanol–water partition coefficient (Wildman–Crippen LogP) is 3.65. The molecule has 0 aromatic heterocycles. The van der Waals surface area contributed by atoms with E-state index in [1.54, 1.807) is 0 Å². The second-order valence-corrected chi connectivity index (χ2v) is 7.98. The fraction of sp³-hybridized carbons (Fsp3) is 0.650. The predicted molar refractivity (Wildman–Crippen MR) is 87.2 cm³/mol. The summed E-state index contributed by atoms with van der Waals surface area (Å²) < 4.78 is 0. The molecule has 2 bridgehead atoms. The maximum absolute atomic E-state index is 13.2. The van der Waals surface area contributed by atoms with E-state index in [-0.39, 0.29) is 0 Å². The van der Waals surface area contributed by atoms with Gasteiger partial charge >= 0.3 is 0 Å². The lowest BCUT2D eigenvalue weighted by Gasteiger charge is -2.49. The van der Waals surface area contributed by atoms with Gasteiger partial charge in [-0.2, -0.15) is 0 Å². The average molecular weight is 295 g/mol. The monoisotopic (exact) mass is 295 g/mol. The van der Waals surface area contributed by atoms with Crippen molar-refractivity contribution in [3.05, 3.63) is 34.9 Å². The van der Waals surface area contributed by atoms with E-state index in [0.29, 0.717) is 23.5 Å². The van der Waals surface area contributed by atoms with Crippen LogP contribution >= 0.6 is 0 Å². The lowest BCUT2D eigenvalue weighted by atomic mass is 9.62. The third kappa shape index (κ3) is 1.86. The van der Waals surface area contributed by atoms with Crippen LogP contribution in [0.3, 0.4) is 0 Å². The van der Waals surface area contributed by atoms with Crippen LogP contribution in [-0.4, -0.2) is 30.3 Å². The Morgan fingerprint density at radius 2 is 1.95 bits per heavy atom. The van der Waals surface area contributed by atoms with Gasteiger partial charge in [0.1, 0.15) is 0 Å². The molecule has 1 aromatic rings. The number of benzene rings is 1. The van der Waals surface area contributed by atoms with Crippen molar-refractivity contribution in [1.29, 1.82) is 0 Å². The molecule has 2 heteroatoms. The minimum atomic E-state index is 0.305. The number of fused-ring (bicyclic) bond motifs is 3. The molecule has 22 heavy (non-hydrogen) atoms. The summed E-state index contributed by atoms with van der Waals surface area (Å²) in [5, 5.41) is 0. The van der Waals surface area contributed by atoms with E-state index >= 15 is 0 Å². The number of hydrogen-bond donors (Lipinski definition) is 0. The van der Waals surface area contributed by atoms with Gasteiger partial charge in [0.05, 0.1) is 0 Å². The molecular weight excluding hydrogens is 270 g/mol. The largest absolute Gasteiger partial charge is 0.303 e. The van der Waals surface area contributed by atoms with Gasteiger partial charge in [-0.25, -0.2) is 0 Å². The van der Waals surface area contributed by atoms with Gasteiger partial charge in [-0.15, -0.1) is 0 Å². The molecule has 0 amide bonds. The first-order valence-electron chi connectivity index (χ1n) is 9.19. The van der Waals surface area contributed by atoms with Gasteiger partial charge in [-0.1, -0.05) is 18.2 Å². The molecule has 0 spiro atoms. The fourth-order valence-corrected chi connectivity index (χ4v) is 5.90. The molecule has 3 saturated heterocycles. The zero-order chi connectivity index (χ0) is 14.7. The summed E-state index contributed by atoms with van der Waals surface area (Å²) in [6.07, 6.45) is 7.57. The smallest absolute Gasteiger partial charge is 0.166 e. The lowest BCUT2D eigenvalue weighted by Crippen LogP contribution is -2.52. The lowest BCUT2D eigenvalue weighted by molar-refractivity contribution is 0.0145. The highest BCUT2D eigenvalue weighted by atomic mass is 16.1. The minimum absolute atomic E-state index is 0.305. The number of nitrogens with zero attached hydrogens (tertiary/aromatic N) is 1. The van der Waals surface area contributed by atoms with Crippen LogP contribution in [0.5, 0.6) is 0 Å². The van der Waals surface area contributed by atoms with E-state index in [4.69, 9.17) is 0 Å². The number of ketones is 1. The molecule has 6 rings (SSSR count). The average Bonchev–Trinajstić information content (AvgIpc) is 2.59. The number of carbonyl (C=O) groups is 1. The van der Waals surface area contributed by atoms with Crippen LogP contribution in [0, 0.1) is 17.8 Å². The third-order valence-corrected chi connectivity index (χ3v) is 6.97. The molecule has 3 fully saturated rings. The highest BCUT2D eigenvalue weighted by Gasteiger charge is 2.45. The van der Waals surface area contributed by atoms with Gasteiger partial charge in [0.25, 0.3) is 0 Å². The molecule has 0 radical (unpaired) electrons. The Labute approximate surface area is 132 Å². The maximum atomic E-state index is 13.2. The summed E-state index contributed by atoms with van der Waals surface area (Å²) in [5.74, 6) is 2.90. The molecule has 1 aromatic carbocycles. The van der Waals surface area contributed by atoms with Crippen molar-refractivity contribution < 1.29 is 4.79 Å². The zero-order valence-corrected chi connectivity index (χ0v) is 13.3. The van der Waals surface area contributed by atoms with Crippen molar-refractivity contribution in [2.75, 3.05) is 19.6 Å². The topological polar surface area (TPSA) is 20.3 Å². The second-order valence-electron chi connectivity index (χ2n) is 7.98. The molecule has 1 unspecified atom stereocenters. The highest BCUT2D eigenvalue weighted by Crippen LogP contribution is 2.48. The molecule has 0 N–H and O–H groups in total. The number of carbonyl (C=O) groups excluding carboxylic acids is 1. The van der Waals surface area contributed by atoms with Crippen LogP contribution in [0.25, 0.3) is 0 Å². The number of Topliss-reactive ketones (excluding diaryl/α,β-unsaturated/α-hetero) is 1. The van der Waals surface area contributed by atoms with Crippen LogP contribution in [-0.2, 0) is 6.42 Å². The van der Waals surface area contributed by atoms with E-state index in [1.165, 1.54) is 62.9 Å². The van der Waals surface area contributed by atoms with Gasteiger partial charge in [0.15, 0.2) is 5.78 Å². The van der Waals surface area contributed by atoms with Crippen LogP contribution in [0.4, 0.5) is 0 Å². The summed E-state index contributed by atoms with van der Waals surface area (Å²) in [6.45, 7) is 3.72. The fourth-order valence-electron chi connectivity index (χ4n) is 5.90. The Bertz CT molecular complexity index is 614. The molecule has 5 aliphatic rings. The van der Waals surface area contributed by atoms with Gasteiger partial charge in [-0.05, 0) is 80.5 Å². The van der Waals surface area contributed by atoms with E-state index in [1.807, 2.05) is 0 Å². The van der Waals surface area contributed by atoms with Crippen molar-refractivity contribution in [2.45, 2.75) is 44.4 Å². The highest BCUT2D eigenvalue weighted by molar-refractivity contribution is 6.01. The Balaban J connectivity index is 1.53. The maximum Gasteiger partial charge on any atom is 0.166 e. The Morgan fingerprint density at radius 3 is 2.73 bits per heavy atom. The molecule has 116 valence electrons. The molecular formula is C20H25NO. The minimum Gasteiger partial charge on any atom is -0.303 e. The molecule has 3 heterocycles. The third-order valence-electron chi connectivity index (χ3n) is 6.97. The van der Waals surface area contributed by atoms with Crippen molar-refractivity contribution in [3.8, 4) is 0 Å². The first-order valence-corrected chi connectivity index (χ1v) is 9.19. The van der Waals surface area contributed by atoms with Gasteiger partial charge in [0.2, 0.25) is 0 Å². The number of piperidine rings is 3. The van der Waals surface area contributed by atoms with Crippen LogP contribution in [0.1, 0.15) is 59.5 Å². The van der Waals surface area contributed by atoms with Crippen LogP contribution < -0.4 is 0 Å². The van der Waals surface area contributed by atoms with Crippen LogP contribution in [0.2, 0.25) is 0 Å². The number of rotatable bonds is 1. The first kappa shape index (κ1) is 13.3. The standard InChI is InChI=1S/C20H25NO/c22-20-16-6-2-4-14-3-1-5-15(19(14)16)11-17(20)18-12-21-9-7-13(18)8-10-21/h2,4,6,13,15,17-18H,1,3,5,7-12H2/t15-,17+,18?/m1/s1. The molecule has 2 aliphatic carbocycles. The van der Waals surface area contributed by atoms with Crippen LogP contribution in [0.15, 0.2) is 18.2 Å². The quantitative estimate of drug-likeness (QED) is 0.788. The normalized spacial score (nSPS) is 39.6. The van der Waals surface area contributed by atoms with E-state index in [2.05, 4.69) is 23.1 Å². The Morgan fingerprint density at radius 1 is 1.09 bits per heavy atom. The van der Waals surface area contributed by atoms with E-state index in [9.17, 15) is 4.79 Å². The molecule has 0 saturated carbocycles. The zero-order valence-electron chi connectivity index (χ0n) is 13.3. The van der Waals surface area contributed by atoms with Gasteiger partial charge < -0.3 is 4.90 Å². The van der Waals surface area contributed by atoms with Crippen molar-refractivity contribution in [3.63, 3.8) is 0 Å². The van der Waals surface area contributed by atoms with E-state index < -0.39 is 0 Å². The summed E-state index contributed by atoms with van der Waals surface area (Å²) in [6, 6.07) is 6.49.